The lowest BCUT2D eigenvalue weighted by molar-refractivity contribution is 0.240. The SMILES string of the molecule is CCCCNCCC[C@H]1CCCN1CCC. The van der Waals surface area contributed by atoms with Crippen molar-refractivity contribution in [3.63, 3.8) is 0 Å². The van der Waals surface area contributed by atoms with Crippen LogP contribution in [0.25, 0.3) is 0 Å². The zero-order chi connectivity index (χ0) is 11.6. The van der Waals surface area contributed by atoms with E-state index in [0.717, 1.165) is 6.04 Å². The molecule has 1 aliphatic heterocycles. The molecule has 96 valence electrons. The molecule has 0 aromatic rings. The minimum absolute atomic E-state index is 0.896. The lowest BCUT2D eigenvalue weighted by Crippen LogP contribution is -2.30. The number of nitrogens with one attached hydrogen (secondary N) is 1. The molecule has 0 unspecified atom stereocenters. The second kappa shape index (κ2) is 9.00. The number of hydrogen-bond donors (Lipinski definition) is 1. The summed E-state index contributed by atoms with van der Waals surface area (Å²) in [6.07, 6.45) is 9.56. The van der Waals surface area contributed by atoms with Crippen LogP contribution in [0.1, 0.15) is 58.8 Å². The van der Waals surface area contributed by atoms with E-state index in [2.05, 4.69) is 24.1 Å². The molecule has 1 rings (SSSR count). The van der Waals surface area contributed by atoms with E-state index in [1.54, 1.807) is 0 Å². The minimum Gasteiger partial charge on any atom is -0.317 e. The van der Waals surface area contributed by atoms with E-state index in [0.29, 0.717) is 0 Å². The van der Waals surface area contributed by atoms with Gasteiger partial charge in [0, 0.05) is 6.04 Å². The average Bonchev–Trinajstić information content (AvgIpc) is 2.72. The van der Waals surface area contributed by atoms with Crippen LogP contribution in [0, 0.1) is 0 Å². The molecule has 0 saturated carbocycles. The van der Waals surface area contributed by atoms with Gasteiger partial charge in [0.15, 0.2) is 0 Å². The molecule has 0 spiro atoms. The number of rotatable bonds is 9. The number of hydrogen-bond acceptors (Lipinski definition) is 2. The molecule has 2 nitrogen and oxygen atoms in total. The fraction of sp³-hybridized carbons (Fsp3) is 1.00. The van der Waals surface area contributed by atoms with E-state index in [-0.39, 0.29) is 0 Å². The average molecular weight is 226 g/mol. The predicted octanol–water partition coefficient (Wildman–Crippen LogP) is 3.03. The molecular weight excluding hydrogens is 196 g/mol. The summed E-state index contributed by atoms with van der Waals surface area (Å²) in [5.41, 5.74) is 0. The maximum absolute atomic E-state index is 3.54. The molecule has 1 atom stereocenters. The largest absolute Gasteiger partial charge is 0.317 e. The summed E-state index contributed by atoms with van der Waals surface area (Å²) in [6.45, 7) is 9.64. The Hall–Kier alpha value is -0.0800. The second-order valence-electron chi connectivity index (χ2n) is 5.08. The van der Waals surface area contributed by atoms with Crippen LogP contribution in [0.5, 0.6) is 0 Å². The van der Waals surface area contributed by atoms with Gasteiger partial charge < -0.3 is 10.2 Å². The van der Waals surface area contributed by atoms with Crippen molar-refractivity contribution in [3.8, 4) is 0 Å². The van der Waals surface area contributed by atoms with Crippen LogP contribution in [0.3, 0.4) is 0 Å². The molecule has 0 bridgehead atoms. The smallest absolute Gasteiger partial charge is 0.00962 e. The van der Waals surface area contributed by atoms with Crippen molar-refractivity contribution < 1.29 is 0 Å². The van der Waals surface area contributed by atoms with Crippen molar-refractivity contribution in [2.45, 2.75) is 64.8 Å². The predicted molar refractivity (Wildman–Crippen MR) is 71.9 cm³/mol. The van der Waals surface area contributed by atoms with Gasteiger partial charge in [-0.15, -0.1) is 0 Å². The van der Waals surface area contributed by atoms with E-state index < -0.39 is 0 Å². The molecule has 0 radical (unpaired) electrons. The zero-order valence-electron chi connectivity index (χ0n) is 11.3. The standard InChI is InChI=1S/C14H30N2/c1-3-5-10-15-11-6-8-14-9-7-13-16(14)12-4-2/h14-15H,3-13H2,1-2H3/t14-/m0/s1. The van der Waals surface area contributed by atoms with Gasteiger partial charge in [0.1, 0.15) is 0 Å². The lowest BCUT2D eigenvalue weighted by atomic mass is 10.1. The molecule has 1 fully saturated rings. The van der Waals surface area contributed by atoms with Gasteiger partial charge in [-0.1, -0.05) is 20.3 Å². The van der Waals surface area contributed by atoms with Crippen molar-refractivity contribution in [3.05, 3.63) is 0 Å². The summed E-state index contributed by atoms with van der Waals surface area (Å²) >= 11 is 0. The topological polar surface area (TPSA) is 15.3 Å². The van der Waals surface area contributed by atoms with Crippen LogP contribution in [-0.2, 0) is 0 Å². The molecule has 2 heteroatoms. The van der Waals surface area contributed by atoms with E-state index >= 15 is 0 Å². The zero-order valence-corrected chi connectivity index (χ0v) is 11.3. The van der Waals surface area contributed by atoms with Crippen molar-refractivity contribution in [2.75, 3.05) is 26.2 Å². The lowest BCUT2D eigenvalue weighted by Gasteiger charge is -2.23. The molecular formula is C14H30N2. The Kier molecular flexibility index (Phi) is 7.87. The Bertz CT molecular complexity index is 159. The highest BCUT2D eigenvalue weighted by Crippen LogP contribution is 2.20. The van der Waals surface area contributed by atoms with Crippen molar-refractivity contribution in [1.82, 2.24) is 10.2 Å². The summed E-state index contributed by atoms with van der Waals surface area (Å²) in [7, 11) is 0. The first-order valence-corrected chi connectivity index (χ1v) is 7.33. The van der Waals surface area contributed by atoms with Crippen LogP contribution < -0.4 is 5.32 Å². The van der Waals surface area contributed by atoms with Crippen molar-refractivity contribution in [1.29, 1.82) is 0 Å². The van der Waals surface area contributed by atoms with Crippen molar-refractivity contribution in [2.24, 2.45) is 0 Å². The molecule has 0 amide bonds. The number of nitrogens with zero attached hydrogens (tertiary/aromatic N) is 1. The molecule has 1 N–H and O–H groups in total. The highest BCUT2D eigenvalue weighted by molar-refractivity contribution is 4.78. The van der Waals surface area contributed by atoms with Gasteiger partial charge in [-0.05, 0) is 64.7 Å². The van der Waals surface area contributed by atoms with Crippen LogP contribution in [0.2, 0.25) is 0 Å². The van der Waals surface area contributed by atoms with E-state index in [9.17, 15) is 0 Å². The molecule has 0 aromatic heterocycles. The Morgan fingerprint density at radius 2 is 1.94 bits per heavy atom. The molecule has 1 aliphatic rings. The maximum Gasteiger partial charge on any atom is 0.00962 e. The molecule has 0 aliphatic carbocycles. The Morgan fingerprint density at radius 3 is 2.69 bits per heavy atom. The van der Waals surface area contributed by atoms with Gasteiger partial charge in [0.2, 0.25) is 0 Å². The minimum atomic E-state index is 0.896. The fourth-order valence-corrected chi connectivity index (χ4v) is 2.69. The van der Waals surface area contributed by atoms with Gasteiger partial charge in [-0.3, -0.25) is 0 Å². The van der Waals surface area contributed by atoms with Gasteiger partial charge >= 0.3 is 0 Å². The summed E-state index contributed by atoms with van der Waals surface area (Å²) in [6, 6.07) is 0.896. The molecule has 1 saturated heterocycles. The monoisotopic (exact) mass is 226 g/mol. The van der Waals surface area contributed by atoms with Crippen LogP contribution in [0.4, 0.5) is 0 Å². The van der Waals surface area contributed by atoms with E-state index in [1.807, 2.05) is 0 Å². The van der Waals surface area contributed by atoms with Crippen molar-refractivity contribution >= 4 is 0 Å². The second-order valence-corrected chi connectivity index (χ2v) is 5.08. The Labute approximate surface area is 102 Å². The van der Waals surface area contributed by atoms with E-state index in [4.69, 9.17) is 0 Å². The van der Waals surface area contributed by atoms with Crippen LogP contribution in [0.15, 0.2) is 0 Å². The Morgan fingerprint density at radius 1 is 1.12 bits per heavy atom. The summed E-state index contributed by atoms with van der Waals surface area (Å²) in [5.74, 6) is 0. The van der Waals surface area contributed by atoms with Gasteiger partial charge in [-0.2, -0.15) is 0 Å². The first kappa shape index (κ1) is 14.0. The highest BCUT2D eigenvalue weighted by atomic mass is 15.2. The summed E-state index contributed by atoms with van der Waals surface area (Å²) < 4.78 is 0. The maximum atomic E-state index is 3.54. The van der Waals surface area contributed by atoms with Gasteiger partial charge in [0.05, 0.1) is 0 Å². The quantitative estimate of drug-likeness (QED) is 0.608. The van der Waals surface area contributed by atoms with Crippen LogP contribution >= 0.6 is 0 Å². The normalized spacial score (nSPS) is 21.8. The third kappa shape index (κ3) is 5.31. The van der Waals surface area contributed by atoms with E-state index in [1.165, 1.54) is 71.1 Å². The molecule has 1 heterocycles. The third-order valence-electron chi connectivity index (χ3n) is 3.61. The summed E-state index contributed by atoms with van der Waals surface area (Å²) in [5, 5.41) is 3.54. The fourth-order valence-electron chi connectivity index (χ4n) is 2.69. The first-order chi connectivity index (χ1) is 7.88. The van der Waals surface area contributed by atoms with Crippen LogP contribution in [-0.4, -0.2) is 37.1 Å². The van der Waals surface area contributed by atoms with Gasteiger partial charge in [-0.25, -0.2) is 0 Å². The third-order valence-corrected chi connectivity index (χ3v) is 3.61. The number of unbranched alkanes of at least 4 members (excludes halogenated alkanes) is 1. The number of likely N-dealkylation sites (tertiary alicyclic amines) is 1. The molecule has 16 heavy (non-hydrogen) atoms. The highest BCUT2D eigenvalue weighted by Gasteiger charge is 2.22. The Balaban J connectivity index is 1.99. The molecule has 0 aromatic carbocycles. The summed E-state index contributed by atoms with van der Waals surface area (Å²) in [4.78, 5) is 2.70. The first-order valence-electron chi connectivity index (χ1n) is 7.33. The van der Waals surface area contributed by atoms with Gasteiger partial charge in [0.25, 0.3) is 0 Å².